The summed E-state index contributed by atoms with van der Waals surface area (Å²) < 4.78 is 5.32. The summed E-state index contributed by atoms with van der Waals surface area (Å²) >= 11 is 0. The van der Waals surface area contributed by atoms with Crippen LogP contribution in [0.4, 0.5) is 0 Å². The highest BCUT2D eigenvalue weighted by molar-refractivity contribution is 6.27. The van der Waals surface area contributed by atoms with E-state index in [2.05, 4.69) is 4.98 Å². The van der Waals surface area contributed by atoms with Crippen LogP contribution in [0.5, 0.6) is 0 Å². The number of benzene rings is 2. The van der Waals surface area contributed by atoms with Crippen molar-refractivity contribution in [2.75, 3.05) is 13.7 Å². The number of nitrogens with zero attached hydrogens (tertiary/aromatic N) is 1. The molecule has 0 radical (unpaired) electrons. The number of imide groups is 1. The van der Waals surface area contributed by atoms with Crippen molar-refractivity contribution >= 4 is 22.7 Å². The van der Waals surface area contributed by atoms with E-state index in [1.54, 1.807) is 13.3 Å². The Morgan fingerprint density at radius 1 is 1.08 bits per heavy atom. The summed E-state index contributed by atoms with van der Waals surface area (Å²) in [6, 6.07) is 12.8. The molecule has 0 spiro atoms. The SMILES string of the molecule is COC[C@@H](c1ccccc1)N1C(=O)c2c(C)cc3[nH]ccc3c2C1=O. The maximum Gasteiger partial charge on any atom is 0.262 e. The minimum atomic E-state index is -0.452. The summed E-state index contributed by atoms with van der Waals surface area (Å²) in [5.41, 5.74) is 3.52. The smallest absolute Gasteiger partial charge is 0.262 e. The number of aromatic amines is 1. The minimum absolute atomic E-state index is 0.255. The fourth-order valence-electron chi connectivity index (χ4n) is 3.61. The topological polar surface area (TPSA) is 62.4 Å². The summed E-state index contributed by atoms with van der Waals surface area (Å²) in [7, 11) is 1.57. The molecular formula is C20H18N2O3. The van der Waals surface area contributed by atoms with Crippen LogP contribution in [0.25, 0.3) is 10.9 Å². The van der Waals surface area contributed by atoms with Gasteiger partial charge in [0.15, 0.2) is 0 Å². The van der Waals surface area contributed by atoms with Gasteiger partial charge in [-0.1, -0.05) is 30.3 Å². The standard InChI is InChI=1S/C20H18N2O3/c1-12-10-15-14(8-9-21-15)18-17(12)19(23)22(20(18)24)16(11-25-2)13-6-4-3-5-7-13/h3-10,16,21H,11H2,1-2H3/t16-/m0/s1. The lowest BCUT2D eigenvalue weighted by Crippen LogP contribution is -2.36. The second-order valence-corrected chi connectivity index (χ2v) is 6.24. The number of amides is 2. The second kappa shape index (κ2) is 5.86. The Morgan fingerprint density at radius 3 is 2.52 bits per heavy atom. The Balaban J connectivity index is 1.88. The fourth-order valence-corrected chi connectivity index (χ4v) is 3.61. The Hall–Kier alpha value is -2.92. The number of carbonyl (C=O) groups is 2. The van der Waals surface area contributed by atoms with Crippen LogP contribution in [0.2, 0.25) is 0 Å². The molecule has 1 atom stereocenters. The number of ether oxygens (including phenoxy) is 1. The number of rotatable bonds is 4. The summed E-state index contributed by atoms with van der Waals surface area (Å²) in [4.78, 5) is 30.8. The van der Waals surface area contributed by atoms with Crippen molar-refractivity contribution in [3.8, 4) is 0 Å². The van der Waals surface area contributed by atoms with Gasteiger partial charge in [-0.2, -0.15) is 0 Å². The van der Waals surface area contributed by atoms with Crippen LogP contribution in [0.3, 0.4) is 0 Å². The molecule has 1 aliphatic heterocycles. The number of nitrogens with one attached hydrogen (secondary N) is 1. The van der Waals surface area contributed by atoms with E-state index in [1.165, 1.54) is 4.90 Å². The van der Waals surface area contributed by atoms with Gasteiger partial charge in [0.25, 0.3) is 11.8 Å². The van der Waals surface area contributed by atoms with Crippen molar-refractivity contribution in [3.63, 3.8) is 0 Å². The van der Waals surface area contributed by atoms with Gasteiger partial charge < -0.3 is 9.72 Å². The Kier molecular flexibility index (Phi) is 3.66. The quantitative estimate of drug-likeness (QED) is 0.743. The van der Waals surface area contributed by atoms with Crippen LogP contribution in [0.15, 0.2) is 48.7 Å². The monoisotopic (exact) mass is 334 g/mol. The third kappa shape index (κ3) is 2.27. The molecule has 1 N–H and O–H groups in total. The first-order valence-corrected chi connectivity index (χ1v) is 8.16. The maximum atomic E-state index is 13.2. The lowest BCUT2D eigenvalue weighted by molar-refractivity contribution is 0.0469. The Bertz CT molecular complexity index is 975. The van der Waals surface area contributed by atoms with E-state index >= 15 is 0 Å². The molecule has 3 aromatic rings. The molecule has 0 saturated heterocycles. The van der Waals surface area contributed by atoms with E-state index in [0.29, 0.717) is 11.1 Å². The number of hydrogen-bond donors (Lipinski definition) is 1. The predicted molar refractivity (Wildman–Crippen MR) is 94.6 cm³/mol. The fraction of sp³-hybridized carbons (Fsp3) is 0.200. The zero-order chi connectivity index (χ0) is 17.6. The van der Waals surface area contributed by atoms with E-state index in [4.69, 9.17) is 4.74 Å². The van der Waals surface area contributed by atoms with Crippen LogP contribution in [-0.4, -0.2) is 35.4 Å². The van der Waals surface area contributed by atoms with Gasteiger partial charge in [-0.15, -0.1) is 0 Å². The van der Waals surface area contributed by atoms with E-state index in [-0.39, 0.29) is 18.4 Å². The molecule has 2 heterocycles. The molecule has 0 unspecified atom stereocenters. The third-order valence-electron chi connectivity index (χ3n) is 4.74. The highest BCUT2D eigenvalue weighted by Crippen LogP contribution is 2.37. The van der Waals surface area contributed by atoms with Gasteiger partial charge in [-0.05, 0) is 30.2 Å². The highest BCUT2D eigenvalue weighted by Gasteiger charge is 2.42. The maximum absolute atomic E-state index is 13.2. The van der Waals surface area contributed by atoms with Crippen LogP contribution in [0, 0.1) is 6.92 Å². The number of fused-ring (bicyclic) bond motifs is 3. The summed E-state index contributed by atoms with van der Waals surface area (Å²) in [6.45, 7) is 2.12. The van der Waals surface area contributed by atoms with Gasteiger partial charge in [0.1, 0.15) is 0 Å². The number of hydrogen-bond acceptors (Lipinski definition) is 3. The molecule has 5 nitrogen and oxygen atoms in total. The number of aryl methyl sites for hydroxylation is 1. The van der Waals surface area contributed by atoms with Gasteiger partial charge in [-0.25, -0.2) is 0 Å². The Labute approximate surface area is 145 Å². The molecule has 1 aromatic heterocycles. The van der Waals surface area contributed by atoms with Gasteiger partial charge in [0, 0.05) is 24.2 Å². The zero-order valence-electron chi connectivity index (χ0n) is 14.1. The van der Waals surface area contributed by atoms with Gasteiger partial charge in [-0.3, -0.25) is 14.5 Å². The highest BCUT2D eigenvalue weighted by atomic mass is 16.5. The van der Waals surface area contributed by atoms with Crippen LogP contribution in [0.1, 0.15) is 37.9 Å². The van der Waals surface area contributed by atoms with E-state index in [1.807, 2.05) is 49.4 Å². The van der Waals surface area contributed by atoms with E-state index < -0.39 is 6.04 Å². The van der Waals surface area contributed by atoms with E-state index in [0.717, 1.165) is 22.0 Å². The second-order valence-electron chi connectivity index (χ2n) is 6.24. The molecule has 126 valence electrons. The Morgan fingerprint density at radius 2 is 1.80 bits per heavy atom. The van der Waals surface area contributed by atoms with Gasteiger partial charge in [0.2, 0.25) is 0 Å². The first-order chi connectivity index (χ1) is 12.1. The molecule has 5 heteroatoms. The summed E-state index contributed by atoms with van der Waals surface area (Å²) in [5.74, 6) is -0.522. The van der Waals surface area contributed by atoms with Crippen molar-refractivity contribution in [2.45, 2.75) is 13.0 Å². The van der Waals surface area contributed by atoms with Gasteiger partial charge in [0.05, 0.1) is 23.8 Å². The molecule has 25 heavy (non-hydrogen) atoms. The summed E-state index contributed by atoms with van der Waals surface area (Å²) in [5, 5.41) is 0.783. The third-order valence-corrected chi connectivity index (χ3v) is 4.74. The number of H-pyrrole nitrogens is 1. The van der Waals surface area contributed by atoms with Crippen LogP contribution >= 0.6 is 0 Å². The lowest BCUT2D eigenvalue weighted by atomic mass is 10.00. The van der Waals surface area contributed by atoms with Crippen molar-refractivity contribution in [1.82, 2.24) is 9.88 Å². The molecule has 0 aliphatic carbocycles. The number of aromatic nitrogens is 1. The number of methoxy groups -OCH3 is 1. The van der Waals surface area contributed by atoms with E-state index in [9.17, 15) is 9.59 Å². The zero-order valence-corrected chi connectivity index (χ0v) is 14.1. The normalized spacial score (nSPS) is 15.0. The molecule has 4 rings (SSSR count). The molecular weight excluding hydrogens is 316 g/mol. The van der Waals surface area contributed by atoms with Crippen molar-refractivity contribution in [3.05, 3.63) is 70.9 Å². The molecule has 0 bridgehead atoms. The summed E-state index contributed by atoms with van der Waals surface area (Å²) in [6.07, 6.45) is 1.79. The average Bonchev–Trinajstić information content (AvgIpc) is 3.17. The largest absolute Gasteiger partial charge is 0.382 e. The minimum Gasteiger partial charge on any atom is -0.382 e. The molecule has 0 saturated carbocycles. The predicted octanol–water partition coefficient (Wildman–Crippen LogP) is 3.46. The first-order valence-electron chi connectivity index (χ1n) is 8.16. The molecule has 0 fully saturated rings. The van der Waals surface area contributed by atoms with Gasteiger partial charge >= 0.3 is 0 Å². The van der Waals surface area contributed by atoms with Crippen LogP contribution in [-0.2, 0) is 4.74 Å². The van der Waals surface area contributed by atoms with Crippen molar-refractivity contribution in [2.24, 2.45) is 0 Å². The molecule has 2 amide bonds. The lowest BCUT2D eigenvalue weighted by Gasteiger charge is -2.26. The van der Waals surface area contributed by atoms with Crippen LogP contribution < -0.4 is 0 Å². The van der Waals surface area contributed by atoms with Crippen molar-refractivity contribution in [1.29, 1.82) is 0 Å². The average molecular weight is 334 g/mol. The number of carbonyl (C=O) groups excluding carboxylic acids is 2. The van der Waals surface area contributed by atoms with Crippen molar-refractivity contribution < 1.29 is 14.3 Å². The first kappa shape index (κ1) is 15.6. The molecule has 2 aromatic carbocycles. The molecule has 1 aliphatic rings.